The summed E-state index contributed by atoms with van der Waals surface area (Å²) in [6.07, 6.45) is 4.97. The zero-order valence-corrected chi connectivity index (χ0v) is 8.88. The molecular weight excluding hydrogens is 164 g/mol. The summed E-state index contributed by atoms with van der Waals surface area (Å²) in [5.74, 6) is 0. The first-order chi connectivity index (χ1) is 6.16. The Morgan fingerprint density at radius 3 is 2.54 bits per heavy atom. The molecule has 0 aromatic heterocycles. The van der Waals surface area contributed by atoms with Gasteiger partial charge in [0.2, 0.25) is 0 Å². The van der Waals surface area contributed by atoms with Gasteiger partial charge >= 0.3 is 0 Å². The lowest BCUT2D eigenvalue weighted by molar-refractivity contribution is 0.147. The van der Waals surface area contributed by atoms with Gasteiger partial charge < -0.3 is 15.4 Å². The average Bonchev–Trinajstić information content (AvgIpc) is 2.48. The Kier molecular flexibility index (Phi) is 4.16. The first-order valence-corrected chi connectivity index (χ1v) is 5.13. The van der Waals surface area contributed by atoms with Crippen molar-refractivity contribution in [1.29, 1.82) is 0 Å². The molecule has 0 bridgehead atoms. The van der Waals surface area contributed by atoms with Gasteiger partial charge in [0.15, 0.2) is 0 Å². The van der Waals surface area contributed by atoms with E-state index in [2.05, 4.69) is 11.9 Å². The Labute approximate surface area is 81.2 Å². The number of hydrogen-bond acceptors (Lipinski definition) is 3. The fourth-order valence-electron chi connectivity index (χ4n) is 2.10. The van der Waals surface area contributed by atoms with Gasteiger partial charge in [0.1, 0.15) is 0 Å². The molecule has 1 rings (SSSR count). The zero-order valence-electron chi connectivity index (χ0n) is 8.88. The maximum absolute atomic E-state index is 6.25. The predicted molar refractivity (Wildman–Crippen MR) is 54.8 cm³/mol. The number of nitrogens with two attached hydrogens (primary N) is 1. The van der Waals surface area contributed by atoms with Crippen LogP contribution in [0.4, 0.5) is 0 Å². The monoisotopic (exact) mass is 186 g/mol. The lowest BCUT2D eigenvalue weighted by Gasteiger charge is -2.29. The van der Waals surface area contributed by atoms with Crippen molar-refractivity contribution in [2.75, 3.05) is 33.9 Å². The van der Waals surface area contributed by atoms with Crippen LogP contribution in [0.5, 0.6) is 0 Å². The van der Waals surface area contributed by atoms with Crippen LogP contribution in [-0.2, 0) is 4.74 Å². The molecule has 1 saturated carbocycles. The topological polar surface area (TPSA) is 38.5 Å². The molecule has 2 N–H and O–H groups in total. The Bertz CT molecular complexity index is 144. The SMILES string of the molecule is COCCN(C)CC1(N)CCCC1. The van der Waals surface area contributed by atoms with Crippen LogP contribution in [0.25, 0.3) is 0 Å². The Balaban J connectivity index is 2.21. The number of likely N-dealkylation sites (N-methyl/N-ethyl adjacent to an activating group) is 1. The van der Waals surface area contributed by atoms with E-state index >= 15 is 0 Å². The lowest BCUT2D eigenvalue weighted by atomic mass is 9.99. The van der Waals surface area contributed by atoms with Crippen molar-refractivity contribution >= 4 is 0 Å². The third-order valence-electron chi connectivity index (χ3n) is 2.86. The third kappa shape index (κ3) is 3.63. The van der Waals surface area contributed by atoms with E-state index in [9.17, 15) is 0 Å². The van der Waals surface area contributed by atoms with E-state index in [0.29, 0.717) is 0 Å². The molecule has 3 nitrogen and oxygen atoms in total. The maximum Gasteiger partial charge on any atom is 0.0589 e. The molecule has 1 fully saturated rings. The van der Waals surface area contributed by atoms with Crippen molar-refractivity contribution in [3.05, 3.63) is 0 Å². The number of rotatable bonds is 5. The van der Waals surface area contributed by atoms with Crippen molar-refractivity contribution in [1.82, 2.24) is 4.90 Å². The molecule has 0 aromatic carbocycles. The number of methoxy groups -OCH3 is 1. The quantitative estimate of drug-likeness (QED) is 0.691. The predicted octanol–water partition coefficient (Wildman–Crippen LogP) is 0.836. The van der Waals surface area contributed by atoms with Crippen molar-refractivity contribution in [3.8, 4) is 0 Å². The lowest BCUT2D eigenvalue weighted by Crippen LogP contribution is -2.47. The summed E-state index contributed by atoms with van der Waals surface area (Å²) in [6, 6.07) is 0. The molecule has 0 atom stereocenters. The minimum absolute atomic E-state index is 0.0858. The molecule has 1 aliphatic carbocycles. The normalized spacial score (nSPS) is 21.2. The largest absolute Gasteiger partial charge is 0.383 e. The van der Waals surface area contributed by atoms with Crippen LogP contribution in [0.2, 0.25) is 0 Å². The Morgan fingerprint density at radius 1 is 1.38 bits per heavy atom. The van der Waals surface area contributed by atoms with Crippen LogP contribution in [0.3, 0.4) is 0 Å². The molecule has 0 radical (unpaired) electrons. The smallest absolute Gasteiger partial charge is 0.0589 e. The molecule has 1 aliphatic rings. The van der Waals surface area contributed by atoms with Gasteiger partial charge in [-0.05, 0) is 19.9 Å². The number of ether oxygens (including phenoxy) is 1. The second-order valence-corrected chi connectivity index (χ2v) is 4.30. The summed E-state index contributed by atoms with van der Waals surface area (Å²) in [6.45, 7) is 2.79. The molecule has 0 amide bonds. The highest BCUT2D eigenvalue weighted by molar-refractivity contribution is 4.91. The molecule has 0 saturated heterocycles. The summed E-state index contributed by atoms with van der Waals surface area (Å²) < 4.78 is 5.03. The van der Waals surface area contributed by atoms with E-state index in [1.807, 2.05) is 0 Å². The van der Waals surface area contributed by atoms with Crippen LogP contribution in [0, 0.1) is 0 Å². The van der Waals surface area contributed by atoms with Gasteiger partial charge in [0.05, 0.1) is 6.61 Å². The van der Waals surface area contributed by atoms with Gasteiger partial charge in [-0.2, -0.15) is 0 Å². The molecule has 0 heterocycles. The Morgan fingerprint density at radius 2 is 2.00 bits per heavy atom. The van der Waals surface area contributed by atoms with Crippen LogP contribution in [0.1, 0.15) is 25.7 Å². The van der Waals surface area contributed by atoms with E-state index in [1.165, 1.54) is 25.7 Å². The first kappa shape index (κ1) is 11.0. The summed E-state index contributed by atoms with van der Waals surface area (Å²) >= 11 is 0. The van der Waals surface area contributed by atoms with E-state index in [-0.39, 0.29) is 5.54 Å². The first-order valence-electron chi connectivity index (χ1n) is 5.13. The molecule has 78 valence electrons. The van der Waals surface area contributed by atoms with Crippen LogP contribution in [0.15, 0.2) is 0 Å². The van der Waals surface area contributed by atoms with Crippen molar-refractivity contribution < 1.29 is 4.74 Å². The molecule has 13 heavy (non-hydrogen) atoms. The summed E-state index contributed by atoms with van der Waals surface area (Å²) in [5.41, 5.74) is 6.34. The maximum atomic E-state index is 6.25. The van der Waals surface area contributed by atoms with E-state index in [1.54, 1.807) is 7.11 Å². The summed E-state index contributed by atoms with van der Waals surface area (Å²) in [5, 5.41) is 0. The number of nitrogens with zero attached hydrogens (tertiary/aromatic N) is 1. The molecule has 0 spiro atoms. The van der Waals surface area contributed by atoms with Gasteiger partial charge in [0.25, 0.3) is 0 Å². The zero-order chi connectivity index (χ0) is 9.73. The molecule has 3 heteroatoms. The van der Waals surface area contributed by atoms with Gasteiger partial charge in [-0.25, -0.2) is 0 Å². The highest BCUT2D eigenvalue weighted by atomic mass is 16.5. The van der Waals surface area contributed by atoms with E-state index in [4.69, 9.17) is 10.5 Å². The minimum atomic E-state index is 0.0858. The standard InChI is InChI=1S/C10H22N2O/c1-12(7-8-13-2)9-10(11)5-3-4-6-10/h3-9,11H2,1-2H3. The van der Waals surface area contributed by atoms with Crippen molar-refractivity contribution in [2.45, 2.75) is 31.2 Å². The second kappa shape index (κ2) is 4.94. The summed E-state index contributed by atoms with van der Waals surface area (Å²) in [4.78, 5) is 2.27. The highest BCUT2D eigenvalue weighted by Crippen LogP contribution is 2.27. The third-order valence-corrected chi connectivity index (χ3v) is 2.86. The molecular formula is C10H22N2O. The van der Waals surface area contributed by atoms with Crippen molar-refractivity contribution in [3.63, 3.8) is 0 Å². The van der Waals surface area contributed by atoms with Crippen LogP contribution in [-0.4, -0.2) is 44.3 Å². The van der Waals surface area contributed by atoms with Gasteiger partial charge in [-0.3, -0.25) is 0 Å². The van der Waals surface area contributed by atoms with Gasteiger partial charge in [-0.1, -0.05) is 12.8 Å². The second-order valence-electron chi connectivity index (χ2n) is 4.30. The number of hydrogen-bond donors (Lipinski definition) is 1. The van der Waals surface area contributed by atoms with Crippen LogP contribution >= 0.6 is 0 Å². The average molecular weight is 186 g/mol. The van der Waals surface area contributed by atoms with Gasteiger partial charge in [0, 0.05) is 25.7 Å². The minimum Gasteiger partial charge on any atom is -0.383 e. The van der Waals surface area contributed by atoms with Gasteiger partial charge in [-0.15, -0.1) is 0 Å². The molecule has 0 aliphatic heterocycles. The van der Waals surface area contributed by atoms with E-state index < -0.39 is 0 Å². The van der Waals surface area contributed by atoms with Crippen LogP contribution < -0.4 is 5.73 Å². The van der Waals surface area contributed by atoms with Crippen molar-refractivity contribution in [2.24, 2.45) is 5.73 Å². The molecule has 0 aromatic rings. The van der Waals surface area contributed by atoms with E-state index in [0.717, 1.165) is 19.7 Å². The fourth-order valence-corrected chi connectivity index (χ4v) is 2.10. The summed E-state index contributed by atoms with van der Waals surface area (Å²) in [7, 11) is 3.85. The molecule has 0 unspecified atom stereocenters. The fraction of sp³-hybridized carbons (Fsp3) is 1.00. The Hall–Kier alpha value is -0.120. The highest BCUT2D eigenvalue weighted by Gasteiger charge is 2.30.